The molecule has 0 saturated heterocycles. The summed E-state index contributed by atoms with van der Waals surface area (Å²) in [6.45, 7) is 4.06. The minimum absolute atomic E-state index is 0.155. The highest BCUT2D eigenvalue weighted by molar-refractivity contribution is 4.42. The van der Waals surface area contributed by atoms with Crippen LogP contribution in [0.3, 0.4) is 0 Å². The summed E-state index contributed by atoms with van der Waals surface area (Å²) < 4.78 is 20.9. The molecule has 0 bridgehead atoms. The molecule has 0 aromatic heterocycles. The first kappa shape index (κ1) is 11.6. The van der Waals surface area contributed by atoms with Gasteiger partial charge in [-0.25, -0.2) is 0 Å². The van der Waals surface area contributed by atoms with Crippen LogP contribution in [0.15, 0.2) is 0 Å². The van der Waals surface area contributed by atoms with Crippen LogP contribution in [-0.2, 0) is 0 Å². The van der Waals surface area contributed by atoms with Crippen LogP contribution in [0.4, 0.5) is 8.78 Å². The van der Waals surface area contributed by atoms with E-state index in [1.165, 1.54) is 0 Å². The fourth-order valence-electron chi connectivity index (χ4n) is 0.485. The van der Waals surface area contributed by atoms with Crippen LogP contribution in [0.2, 0.25) is 0 Å². The Morgan fingerprint density at radius 1 is 1.22 bits per heavy atom. The summed E-state index contributed by atoms with van der Waals surface area (Å²) in [5.74, 6) is 0.663. The van der Waals surface area contributed by atoms with E-state index in [1.807, 2.05) is 0 Å². The molecule has 2 heteroatoms. The topological polar surface area (TPSA) is 0 Å². The van der Waals surface area contributed by atoms with E-state index in [1.54, 1.807) is 0 Å². The molecule has 0 atom stereocenters. The fourth-order valence-corrected chi connectivity index (χ4v) is 0.485. The lowest BCUT2D eigenvalue weighted by Gasteiger charge is -1.97. The van der Waals surface area contributed by atoms with Crippen molar-refractivity contribution in [3.05, 3.63) is 0 Å². The van der Waals surface area contributed by atoms with Gasteiger partial charge in [-0.2, -0.15) is 0 Å². The van der Waals surface area contributed by atoms with E-state index in [4.69, 9.17) is 0 Å². The van der Waals surface area contributed by atoms with Crippen LogP contribution in [0.25, 0.3) is 0 Å². The molecule has 0 aromatic carbocycles. The van der Waals surface area contributed by atoms with Crippen molar-refractivity contribution in [1.82, 2.24) is 0 Å². The first-order valence-corrected chi connectivity index (χ1v) is 3.21. The van der Waals surface area contributed by atoms with Crippen LogP contribution >= 0.6 is 0 Å². The number of alkyl halides is 2. The van der Waals surface area contributed by atoms with Gasteiger partial charge < -0.3 is 0 Å². The molecule has 58 valence electrons. The van der Waals surface area contributed by atoms with Crippen molar-refractivity contribution in [2.24, 2.45) is 5.92 Å². The Labute approximate surface area is 56.3 Å². The lowest BCUT2D eigenvalue weighted by molar-refractivity contribution is 0.430. The standard InChI is InChI=1S/C6H13F.CH3F/c1-6(2)4-3-5-7;1-2/h6H,3-5H2,1-2H3;1H3. The van der Waals surface area contributed by atoms with Crippen molar-refractivity contribution < 1.29 is 8.78 Å². The highest BCUT2D eigenvalue weighted by Crippen LogP contribution is 2.02. The molecule has 0 amide bonds. The van der Waals surface area contributed by atoms with Crippen molar-refractivity contribution in [3.63, 3.8) is 0 Å². The first-order valence-electron chi connectivity index (χ1n) is 3.21. The van der Waals surface area contributed by atoms with Gasteiger partial charge >= 0.3 is 0 Å². The monoisotopic (exact) mass is 138 g/mol. The minimum Gasteiger partial charge on any atom is -0.255 e. The lowest BCUT2D eigenvalue weighted by atomic mass is 10.1. The van der Waals surface area contributed by atoms with Gasteiger partial charge in [-0.3, -0.25) is 8.78 Å². The van der Waals surface area contributed by atoms with Gasteiger partial charge in [0, 0.05) is 0 Å². The molecule has 0 rings (SSSR count). The third kappa shape index (κ3) is 18.1. The zero-order valence-corrected chi connectivity index (χ0v) is 6.45. The number of hydrogen-bond acceptors (Lipinski definition) is 0. The Hall–Kier alpha value is -0.140. The van der Waals surface area contributed by atoms with Gasteiger partial charge in [0.15, 0.2) is 0 Å². The van der Waals surface area contributed by atoms with Crippen LogP contribution < -0.4 is 0 Å². The van der Waals surface area contributed by atoms with Crippen LogP contribution in [0, 0.1) is 5.92 Å². The Morgan fingerprint density at radius 3 is 1.78 bits per heavy atom. The predicted molar refractivity (Wildman–Crippen MR) is 37.1 cm³/mol. The molecule has 0 heterocycles. The maximum absolute atomic E-state index is 11.4. The molecular formula is C7H16F2. The number of halogens is 2. The highest BCUT2D eigenvalue weighted by Gasteiger charge is 1.90. The zero-order valence-electron chi connectivity index (χ0n) is 6.45. The van der Waals surface area contributed by atoms with Gasteiger partial charge in [0.2, 0.25) is 0 Å². The maximum Gasteiger partial charge on any atom is 0.0894 e. The van der Waals surface area contributed by atoms with E-state index in [0.29, 0.717) is 13.1 Å². The van der Waals surface area contributed by atoms with Crippen molar-refractivity contribution in [1.29, 1.82) is 0 Å². The maximum atomic E-state index is 11.4. The van der Waals surface area contributed by atoms with Gasteiger partial charge in [-0.05, 0) is 18.8 Å². The van der Waals surface area contributed by atoms with Crippen LogP contribution in [0.5, 0.6) is 0 Å². The molecule has 0 saturated carbocycles. The number of hydrogen-bond donors (Lipinski definition) is 0. The average Bonchev–Trinajstić information content (AvgIpc) is 1.88. The van der Waals surface area contributed by atoms with Crippen molar-refractivity contribution in [2.75, 3.05) is 13.9 Å². The Bertz CT molecular complexity index is 35.9. The van der Waals surface area contributed by atoms with E-state index in [2.05, 4.69) is 13.8 Å². The van der Waals surface area contributed by atoms with Crippen LogP contribution in [-0.4, -0.2) is 13.9 Å². The molecule has 9 heavy (non-hydrogen) atoms. The van der Waals surface area contributed by atoms with Crippen molar-refractivity contribution >= 4 is 0 Å². The second-order valence-electron chi connectivity index (χ2n) is 2.23. The smallest absolute Gasteiger partial charge is 0.0894 e. The SMILES string of the molecule is CC(C)CCCF.CF. The third-order valence-electron chi connectivity index (χ3n) is 0.915. The van der Waals surface area contributed by atoms with Crippen molar-refractivity contribution in [2.45, 2.75) is 26.7 Å². The fraction of sp³-hybridized carbons (Fsp3) is 1.00. The average molecular weight is 138 g/mol. The summed E-state index contributed by atoms with van der Waals surface area (Å²) in [5, 5.41) is 0. The molecule has 0 aliphatic rings. The number of rotatable bonds is 3. The molecule has 0 N–H and O–H groups in total. The van der Waals surface area contributed by atoms with Gasteiger partial charge in [-0.1, -0.05) is 13.8 Å². The van der Waals surface area contributed by atoms with E-state index >= 15 is 0 Å². The molecule has 0 spiro atoms. The Kier molecular flexibility index (Phi) is 13.9. The highest BCUT2D eigenvalue weighted by atomic mass is 19.1. The molecule has 0 aromatic rings. The van der Waals surface area contributed by atoms with E-state index in [-0.39, 0.29) is 6.67 Å². The summed E-state index contributed by atoms with van der Waals surface area (Å²) in [6, 6.07) is 0. The summed E-state index contributed by atoms with van der Waals surface area (Å²) in [5.41, 5.74) is 0. The second kappa shape index (κ2) is 10.8. The van der Waals surface area contributed by atoms with E-state index in [9.17, 15) is 8.78 Å². The molecule has 0 radical (unpaired) electrons. The minimum atomic E-state index is -0.155. The van der Waals surface area contributed by atoms with Gasteiger partial charge in [0.05, 0.1) is 13.9 Å². The molecule has 0 fully saturated rings. The summed E-state index contributed by atoms with van der Waals surface area (Å²) in [7, 11) is 0.500. The van der Waals surface area contributed by atoms with E-state index in [0.717, 1.165) is 12.8 Å². The largest absolute Gasteiger partial charge is 0.255 e. The van der Waals surface area contributed by atoms with E-state index < -0.39 is 0 Å². The second-order valence-corrected chi connectivity index (χ2v) is 2.23. The summed E-state index contributed by atoms with van der Waals surface area (Å²) in [4.78, 5) is 0. The first-order chi connectivity index (χ1) is 4.27. The lowest BCUT2D eigenvalue weighted by Crippen LogP contribution is -1.86. The Morgan fingerprint density at radius 2 is 1.67 bits per heavy atom. The van der Waals surface area contributed by atoms with Crippen LogP contribution in [0.1, 0.15) is 26.7 Å². The van der Waals surface area contributed by atoms with Gasteiger partial charge in [-0.15, -0.1) is 0 Å². The quantitative estimate of drug-likeness (QED) is 0.562. The zero-order chi connectivity index (χ0) is 7.70. The normalized spacial score (nSPS) is 8.67. The molecule has 0 unspecified atom stereocenters. The Balaban J connectivity index is 0. The summed E-state index contributed by atoms with van der Waals surface area (Å²) >= 11 is 0. The molecule has 0 aliphatic heterocycles. The molecule has 0 aliphatic carbocycles. The van der Waals surface area contributed by atoms with Gasteiger partial charge in [0.1, 0.15) is 0 Å². The molecule has 0 nitrogen and oxygen atoms in total. The predicted octanol–water partition coefficient (Wildman–Crippen LogP) is 2.98. The van der Waals surface area contributed by atoms with Gasteiger partial charge in [0.25, 0.3) is 0 Å². The summed E-state index contributed by atoms with van der Waals surface area (Å²) in [6.07, 6.45) is 1.76. The third-order valence-corrected chi connectivity index (χ3v) is 0.915. The molecular weight excluding hydrogens is 122 g/mol. The van der Waals surface area contributed by atoms with Crippen molar-refractivity contribution in [3.8, 4) is 0 Å².